The van der Waals surface area contributed by atoms with Gasteiger partial charge in [-0.1, -0.05) is 44.6 Å². The van der Waals surface area contributed by atoms with Crippen LogP contribution in [0.15, 0.2) is 17.0 Å². The Morgan fingerprint density at radius 2 is 1.50 bits per heavy atom. The molecule has 0 rings (SSSR count). The van der Waals surface area contributed by atoms with Gasteiger partial charge in [0, 0.05) is 0 Å². The van der Waals surface area contributed by atoms with Gasteiger partial charge >= 0.3 is 0 Å². The molecular formula is C11H22Si. The molecule has 0 aromatic rings. The van der Waals surface area contributed by atoms with E-state index in [0.29, 0.717) is 0 Å². The fraction of sp³-hybridized carbons (Fsp3) is 0.727. The highest BCUT2D eigenvalue weighted by atomic mass is 28.3. The van der Waals surface area contributed by atoms with Crippen LogP contribution in [0.1, 0.15) is 34.6 Å². The summed E-state index contributed by atoms with van der Waals surface area (Å²) in [5.74, 6) is 0. The van der Waals surface area contributed by atoms with Gasteiger partial charge in [0.25, 0.3) is 0 Å². The molecule has 0 atom stereocenters. The zero-order chi connectivity index (χ0) is 9.61. The Hall–Kier alpha value is -0.263. The zero-order valence-corrected chi connectivity index (χ0v) is 10.2. The first kappa shape index (κ1) is 11.7. The van der Waals surface area contributed by atoms with E-state index in [1.54, 1.807) is 0 Å². The van der Waals surface area contributed by atoms with Gasteiger partial charge in [0.1, 0.15) is 0 Å². The molecule has 0 aliphatic rings. The normalized spacial score (nSPS) is 10.8. The van der Waals surface area contributed by atoms with E-state index in [0.717, 1.165) is 0 Å². The lowest BCUT2D eigenvalue weighted by molar-refractivity contribution is 1.19. The highest BCUT2D eigenvalue weighted by molar-refractivity contribution is 6.84. The maximum absolute atomic E-state index is 3.39. The first-order valence-electron chi connectivity index (χ1n) is 5.01. The molecule has 12 heavy (non-hydrogen) atoms. The van der Waals surface area contributed by atoms with Crippen LogP contribution < -0.4 is 0 Å². The maximum atomic E-state index is 3.39. The molecule has 0 aliphatic carbocycles. The first-order valence-corrected chi connectivity index (χ1v) is 7.71. The average molecular weight is 182 g/mol. The molecular weight excluding hydrogens is 160 g/mol. The fourth-order valence-electron chi connectivity index (χ4n) is 1.35. The smallest absolute Gasteiger partial charge is 0.0865 e. The molecule has 0 amide bonds. The van der Waals surface area contributed by atoms with E-state index in [1.807, 2.05) is 0 Å². The van der Waals surface area contributed by atoms with Gasteiger partial charge in [0.2, 0.25) is 0 Å². The molecule has 70 valence electrons. The quantitative estimate of drug-likeness (QED) is 0.452. The summed E-state index contributed by atoms with van der Waals surface area (Å²) in [5, 5.41) is 0. The molecule has 0 aromatic heterocycles. The van der Waals surface area contributed by atoms with Crippen molar-refractivity contribution in [1.82, 2.24) is 0 Å². The molecule has 0 radical (unpaired) electrons. The molecule has 0 aliphatic heterocycles. The minimum atomic E-state index is -1.04. The zero-order valence-electron chi connectivity index (χ0n) is 9.20. The van der Waals surface area contributed by atoms with E-state index in [4.69, 9.17) is 0 Å². The predicted molar refractivity (Wildman–Crippen MR) is 60.1 cm³/mol. The van der Waals surface area contributed by atoms with Gasteiger partial charge in [0.05, 0.1) is 8.07 Å². The van der Waals surface area contributed by atoms with Crippen molar-refractivity contribution >= 4 is 8.07 Å². The summed E-state index contributed by atoms with van der Waals surface area (Å²) in [6, 6.07) is 4.08. The third kappa shape index (κ3) is 3.42. The lowest BCUT2D eigenvalue weighted by atomic mass is 10.4. The first-order chi connectivity index (χ1) is 5.60. The molecule has 0 unspecified atom stereocenters. The Morgan fingerprint density at radius 3 is 1.75 bits per heavy atom. The van der Waals surface area contributed by atoms with Crippen LogP contribution in [-0.4, -0.2) is 8.07 Å². The van der Waals surface area contributed by atoms with Gasteiger partial charge in [-0.05, 0) is 19.4 Å². The Balaban J connectivity index is 4.63. The molecule has 1 heteroatoms. The molecule has 0 N–H and O–H groups in total. The van der Waals surface area contributed by atoms with E-state index in [9.17, 15) is 0 Å². The molecule has 0 nitrogen and oxygen atoms in total. The number of allylic oxidation sites excluding steroid dienone is 1. The van der Waals surface area contributed by atoms with Crippen molar-refractivity contribution in [1.29, 1.82) is 0 Å². The van der Waals surface area contributed by atoms with Crippen LogP contribution in [0, 0.1) is 0 Å². The molecule has 0 saturated carbocycles. The van der Waals surface area contributed by atoms with Crippen LogP contribution in [0.5, 0.6) is 0 Å². The Labute approximate surface area is 78.4 Å². The topological polar surface area (TPSA) is 0 Å². The molecule has 0 bridgehead atoms. The Bertz CT molecular complexity index is 169. The molecule has 0 spiro atoms. The Kier molecular flexibility index (Phi) is 5.28. The minimum Gasteiger partial charge on any atom is -0.131 e. The highest BCUT2D eigenvalue weighted by Crippen LogP contribution is 2.21. The van der Waals surface area contributed by atoms with Crippen molar-refractivity contribution in [2.45, 2.75) is 52.8 Å². The van der Waals surface area contributed by atoms with Gasteiger partial charge in [-0.15, -0.1) is 5.73 Å². The van der Waals surface area contributed by atoms with Gasteiger partial charge in [-0.25, -0.2) is 0 Å². The van der Waals surface area contributed by atoms with Crippen LogP contribution in [0.3, 0.4) is 0 Å². The minimum absolute atomic E-state index is 1.04. The average Bonchev–Trinajstić information content (AvgIpc) is 2.08. The lowest BCUT2D eigenvalue weighted by Crippen LogP contribution is -2.28. The monoisotopic (exact) mass is 182 g/mol. The van der Waals surface area contributed by atoms with E-state index in [2.05, 4.69) is 46.0 Å². The summed E-state index contributed by atoms with van der Waals surface area (Å²) < 4.78 is 0. The number of rotatable bonds is 4. The van der Waals surface area contributed by atoms with Crippen molar-refractivity contribution in [3.63, 3.8) is 0 Å². The summed E-state index contributed by atoms with van der Waals surface area (Å²) in [4.78, 5) is 0. The lowest BCUT2D eigenvalue weighted by Gasteiger charge is -2.22. The van der Waals surface area contributed by atoms with Crippen molar-refractivity contribution in [2.75, 3.05) is 0 Å². The van der Waals surface area contributed by atoms with Gasteiger partial charge < -0.3 is 0 Å². The van der Waals surface area contributed by atoms with Crippen molar-refractivity contribution in [3.8, 4) is 0 Å². The van der Waals surface area contributed by atoms with E-state index < -0.39 is 8.07 Å². The molecule has 0 heterocycles. The van der Waals surface area contributed by atoms with E-state index in [-0.39, 0.29) is 0 Å². The number of hydrogen-bond donors (Lipinski definition) is 0. The summed E-state index contributed by atoms with van der Waals surface area (Å²) in [6.07, 6.45) is 0. The third-order valence-electron chi connectivity index (χ3n) is 2.78. The SMILES string of the molecule is CC[Si](C=C=C(C)C)(CC)CC. The van der Waals surface area contributed by atoms with Crippen molar-refractivity contribution in [3.05, 3.63) is 17.0 Å². The molecule has 0 aromatic carbocycles. The standard InChI is InChI=1S/C11H22Si/c1-6-12(7-2,8-3)10-9-11(4)5/h10H,6-8H2,1-5H3. The second-order valence-corrected chi connectivity index (χ2v) is 8.85. The summed E-state index contributed by atoms with van der Waals surface area (Å²) in [6.45, 7) is 11.2. The summed E-state index contributed by atoms with van der Waals surface area (Å²) >= 11 is 0. The highest BCUT2D eigenvalue weighted by Gasteiger charge is 2.22. The second-order valence-electron chi connectivity index (χ2n) is 3.71. The summed E-state index contributed by atoms with van der Waals surface area (Å²) in [7, 11) is -1.04. The third-order valence-corrected chi connectivity index (χ3v) is 7.76. The molecule has 0 fully saturated rings. The maximum Gasteiger partial charge on any atom is 0.0865 e. The van der Waals surface area contributed by atoms with Gasteiger partial charge in [-0.2, -0.15) is 0 Å². The van der Waals surface area contributed by atoms with Crippen LogP contribution >= 0.6 is 0 Å². The van der Waals surface area contributed by atoms with Crippen LogP contribution in [0.2, 0.25) is 18.1 Å². The number of hydrogen-bond acceptors (Lipinski definition) is 0. The molecule has 0 saturated heterocycles. The predicted octanol–water partition coefficient (Wildman–Crippen LogP) is 4.16. The Morgan fingerprint density at radius 1 is 1.08 bits per heavy atom. The van der Waals surface area contributed by atoms with Crippen LogP contribution in [-0.2, 0) is 0 Å². The largest absolute Gasteiger partial charge is 0.131 e. The second kappa shape index (κ2) is 5.39. The van der Waals surface area contributed by atoms with Crippen LogP contribution in [0.4, 0.5) is 0 Å². The van der Waals surface area contributed by atoms with E-state index in [1.165, 1.54) is 23.7 Å². The van der Waals surface area contributed by atoms with Crippen molar-refractivity contribution in [2.24, 2.45) is 0 Å². The van der Waals surface area contributed by atoms with Crippen LogP contribution in [0.25, 0.3) is 0 Å². The summed E-state index contributed by atoms with van der Waals surface area (Å²) in [5.41, 5.74) is 7.11. The van der Waals surface area contributed by atoms with Crippen molar-refractivity contribution < 1.29 is 0 Å². The van der Waals surface area contributed by atoms with Gasteiger partial charge in [0.15, 0.2) is 0 Å². The van der Waals surface area contributed by atoms with Gasteiger partial charge in [-0.3, -0.25) is 0 Å². The van der Waals surface area contributed by atoms with E-state index >= 15 is 0 Å². The fourth-order valence-corrected chi connectivity index (χ4v) is 4.06.